The van der Waals surface area contributed by atoms with E-state index in [1.165, 1.54) is 17.2 Å². The Kier molecular flexibility index (Phi) is 4.57. The summed E-state index contributed by atoms with van der Waals surface area (Å²) in [6.07, 6.45) is -1.78. The molecule has 0 bridgehead atoms. The average Bonchev–Trinajstić information content (AvgIpc) is 3.10. The molecule has 11 nitrogen and oxygen atoms in total. The molecule has 3 rings (SSSR count). The molecule has 0 unspecified atom stereocenters. The van der Waals surface area contributed by atoms with Crippen LogP contribution in [0.4, 0.5) is 5.82 Å². The first-order chi connectivity index (χ1) is 11.5. The Balaban J connectivity index is 1.87. The minimum Gasteiger partial charge on any atom is -0.481 e. The highest BCUT2D eigenvalue weighted by molar-refractivity contribution is 5.82. The number of nitrogens with zero attached hydrogens (tertiary/aromatic N) is 4. The topological polar surface area (TPSA) is 163 Å². The first kappa shape index (κ1) is 16.5. The standard InChI is InChI=1S/C13H17N5O6/c19-3-6-9(22)10(23)13(24-6)18-5-17-8-11(14-2-1-7(20)21)15-4-16-12(8)18/h4-6,9-10,13,19,22-23H,1-3H2,(H,20,21)(H,14,15,16)/t6-,9+,10+,13-/m0/s1. The number of imidazole rings is 1. The highest BCUT2D eigenvalue weighted by Gasteiger charge is 2.44. The zero-order valence-corrected chi connectivity index (χ0v) is 12.5. The second-order valence-electron chi connectivity index (χ2n) is 5.35. The fourth-order valence-corrected chi connectivity index (χ4v) is 2.57. The highest BCUT2D eigenvalue weighted by atomic mass is 16.6. The number of carboxylic acid groups (broad SMARTS) is 1. The van der Waals surface area contributed by atoms with Gasteiger partial charge in [0, 0.05) is 6.54 Å². The Morgan fingerprint density at radius 2 is 2.08 bits per heavy atom. The molecule has 1 fully saturated rings. The SMILES string of the molecule is O=C(O)CCNc1ncnc2c1ncn2[C@H]1O[C@@H](CO)[C@@H](O)[C@H]1O. The van der Waals surface area contributed by atoms with Crippen molar-refractivity contribution in [3.63, 3.8) is 0 Å². The van der Waals surface area contributed by atoms with Gasteiger partial charge in [0.1, 0.15) is 24.6 Å². The number of anilines is 1. The molecule has 4 atom stereocenters. The van der Waals surface area contributed by atoms with Crippen molar-refractivity contribution in [2.45, 2.75) is 31.0 Å². The predicted molar refractivity (Wildman–Crippen MR) is 79.1 cm³/mol. The van der Waals surface area contributed by atoms with E-state index in [2.05, 4.69) is 20.3 Å². The molecule has 0 spiro atoms. The van der Waals surface area contributed by atoms with Crippen LogP contribution in [0.15, 0.2) is 12.7 Å². The maximum absolute atomic E-state index is 10.6. The van der Waals surface area contributed by atoms with E-state index >= 15 is 0 Å². The molecule has 0 amide bonds. The first-order valence-corrected chi connectivity index (χ1v) is 7.28. The van der Waals surface area contributed by atoms with Gasteiger partial charge >= 0.3 is 5.97 Å². The number of carboxylic acids is 1. The number of hydrogen-bond donors (Lipinski definition) is 5. The first-order valence-electron chi connectivity index (χ1n) is 7.28. The van der Waals surface area contributed by atoms with Crippen LogP contribution in [0.3, 0.4) is 0 Å². The molecule has 2 aromatic heterocycles. The Hall–Kier alpha value is -2.34. The Bertz CT molecular complexity index is 737. The molecule has 1 saturated heterocycles. The molecular weight excluding hydrogens is 322 g/mol. The number of aliphatic carboxylic acids is 1. The van der Waals surface area contributed by atoms with Crippen LogP contribution in [-0.2, 0) is 9.53 Å². The van der Waals surface area contributed by atoms with Gasteiger partial charge in [-0.2, -0.15) is 0 Å². The van der Waals surface area contributed by atoms with Crippen LogP contribution in [0, 0.1) is 0 Å². The molecule has 11 heteroatoms. The number of hydrogen-bond acceptors (Lipinski definition) is 9. The van der Waals surface area contributed by atoms with Gasteiger partial charge in [0.2, 0.25) is 0 Å². The molecule has 2 aromatic rings. The quantitative estimate of drug-likeness (QED) is 0.411. The van der Waals surface area contributed by atoms with Crippen LogP contribution in [0.2, 0.25) is 0 Å². The molecule has 5 N–H and O–H groups in total. The summed E-state index contributed by atoms with van der Waals surface area (Å²) in [6.45, 7) is -0.263. The minimum absolute atomic E-state index is 0.0823. The van der Waals surface area contributed by atoms with Crippen LogP contribution < -0.4 is 5.32 Å². The molecule has 1 aliphatic rings. The number of aliphatic hydroxyl groups excluding tert-OH is 3. The summed E-state index contributed by atoms with van der Waals surface area (Å²) in [4.78, 5) is 22.9. The maximum Gasteiger partial charge on any atom is 0.305 e. The second-order valence-corrected chi connectivity index (χ2v) is 5.35. The number of nitrogens with one attached hydrogen (secondary N) is 1. The number of ether oxygens (including phenoxy) is 1. The van der Waals surface area contributed by atoms with Crippen molar-refractivity contribution in [3.8, 4) is 0 Å². The molecule has 0 radical (unpaired) electrons. The van der Waals surface area contributed by atoms with Crippen molar-refractivity contribution in [1.82, 2.24) is 19.5 Å². The predicted octanol–water partition coefficient (Wildman–Crippen LogP) is -1.68. The molecule has 0 aromatic carbocycles. The smallest absolute Gasteiger partial charge is 0.305 e. The number of fused-ring (bicyclic) bond motifs is 1. The largest absolute Gasteiger partial charge is 0.481 e. The third kappa shape index (κ3) is 2.89. The lowest BCUT2D eigenvalue weighted by Gasteiger charge is -2.16. The van der Waals surface area contributed by atoms with Gasteiger partial charge in [-0.05, 0) is 0 Å². The zero-order chi connectivity index (χ0) is 17.3. The summed E-state index contributed by atoms with van der Waals surface area (Å²) in [7, 11) is 0. The fourth-order valence-electron chi connectivity index (χ4n) is 2.57. The van der Waals surface area contributed by atoms with Crippen molar-refractivity contribution in [2.24, 2.45) is 0 Å². The third-order valence-electron chi connectivity index (χ3n) is 3.78. The van der Waals surface area contributed by atoms with Gasteiger partial charge in [-0.25, -0.2) is 15.0 Å². The van der Waals surface area contributed by atoms with Gasteiger partial charge in [0.15, 0.2) is 23.2 Å². The van der Waals surface area contributed by atoms with Gasteiger partial charge in [-0.15, -0.1) is 0 Å². The van der Waals surface area contributed by atoms with E-state index in [1.807, 2.05) is 0 Å². The number of aliphatic hydroxyl groups is 3. The van der Waals surface area contributed by atoms with E-state index in [9.17, 15) is 15.0 Å². The van der Waals surface area contributed by atoms with Crippen molar-refractivity contribution < 1.29 is 30.0 Å². The van der Waals surface area contributed by atoms with Crippen molar-refractivity contribution >= 4 is 23.0 Å². The van der Waals surface area contributed by atoms with E-state index in [0.717, 1.165) is 0 Å². The molecule has 130 valence electrons. The van der Waals surface area contributed by atoms with Crippen LogP contribution in [0.1, 0.15) is 12.6 Å². The molecule has 24 heavy (non-hydrogen) atoms. The highest BCUT2D eigenvalue weighted by Crippen LogP contribution is 2.31. The van der Waals surface area contributed by atoms with Crippen molar-refractivity contribution in [3.05, 3.63) is 12.7 Å². The summed E-state index contributed by atoms with van der Waals surface area (Å²) in [5.74, 6) is -0.586. The van der Waals surface area contributed by atoms with Crippen molar-refractivity contribution in [1.29, 1.82) is 0 Å². The normalized spacial score (nSPS) is 26.8. The summed E-state index contributed by atoms with van der Waals surface area (Å²) >= 11 is 0. The lowest BCUT2D eigenvalue weighted by Crippen LogP contribution is -2.33. The zero-order valence-electron chi connectivity index (χ0n) is 12.5. The van der Waals surface area contributed by atoms with E-state index in [1.54, 1.807) is 0 Å². The van der Waals surface area contributed by atoms with Crippen LogP contribution in [-0.4, -0.2) is 77.4 Å². The summed E-state index contributed by atoms with van der Waals surface area (Å²) in [5.41, 5.74) is 0.721. The number of aromatic nitrogens is 4. The maximum atomic E-state index is 10.6. The number of carbonyl (C=O) groups is 1. The van der Waals surface area contributed by atoms with Gasteiger partial charge < -0.3 is 30.5 Å². The van der Waals surface area contributed by atoms with Crippen LogP contribution in [0.25, 0.3) is 11.2 Å². The van der Waals surface area contributed by atoms with Gasteiger partial charge in [-0.3, -0.25) is 9.36 Å². The van der Waals surface area contributed by atoms with E-state index in [-0.39, 0.29) is 13.0 Å². The molecular formula is C13H17N5O6. The Labute approximate surface area is 135 Å². The van der Waals surface area contributed by atoms with E-state index < -0.39 is 37.1 Å². The van der Waals surface area contributed by atoms with Crippen molar-refractivity contribution in [2.75, 3.05) is 18.5 Å². The van der Waals surface area contributed by atoms with E-state index in [0.29, 0.717) is 17.0 Å². The summed E-state index contributed by atoms with van der Waals surface area (Å²) in [5, 5.41) is 40.7. The number of rotatable bonds is 6. The van der Waals surface area contributed by atoms with Crippen LogP contribution >= 0.6 is 0 Å². The van der Waals surface area contributed by atoms with Gasteiger partial charge in [0.05, 0.1) is 19.4 Å². The molecule has 0 saturated carbocycles. The molecule has 1 aliphatic heterocycles. The van der Waals surface area contributed by atoms with Crippen LogP contribution in [0.5, 0.6) is 0 Å². The minimum atomic E-state index is -1.25. The Morgan fingerprint density at radius 1 is 1.29 bits per heavy atom. The van der Waals surface area contributed by atoms with Gasteiger partial charge in [-0.1, -0.05) is 0 Å². The third-order valence-corrected chi connectivity index (χ3v) is 3.78. The molecule has 0 aliphatic carbocycles. The monoisotopic (exact) mass is 339 g/mol. The average molecular weight is 339 g/mol. The van der Waals surface area contributed by atoms with Gasteiger partial charge in [0.25, 0.3) is 0 Å². The summed E-state index contributed by atoms with van der Waals surface area (Å²) < 4.78 is 6.89. The molecule has 3 heterocycles. The fraction of sp³-hybridized carbons (Fsp3) is 0.538. The second kappa shape index (κ2) is 6.65. The van der Waals surface area contributed by atoms with E-state index in [4.69, 9.17) is 14.9 Å². The lowest BCUT2D eigenvalue weighted by atomic mass is 10.1. The summed E-state index contributed by atoms with van der Waals surface area (Å²) in [6, 6.07) is 0. The lowest BCUT2D eigenvalue weighted by molar-refractivity contribution is -0.136. The Morgan fingerprint density at radius 3 is 2.75 bits per heavy atom.